The van der Waals surface area contributed by atoms with Crippen molar-refractivity contribution in [1.29, 1.82) is 0 Å². The fourth-order valence-corrected chi connectivity index (χ4v) is 2.60. The quantitative estimate of drug-likeness (QED) is 0.160. The van der Waals surface area contributed by atoms with Crippen molar-refractivity contribution in [3.63, 3.8) is 0 Å². The SMILES string of the molecule is C=CCOc1ccccc1CN=C(NCCSC)NCCc1ccco1.I. The molecule has 0 aliphatic heterocycles. The van der Waals surface area contributed by atoms with E-state index >= 15 is 0 Å². The minimum absolute atomic E-state index is 0. The summed E-state index contributed by atoms with van der Waals surface area (Å²) in [7, 11) is 0. The van der Waals surface area contributed by atoms with Gasteiger partial charge < -0.3 is 19.8 Å². The molecule has 0 aliphatic carbocycles. The molecule has 27 heavy (non-hydrogen) atoms. The maximum absolute atomic E-state index is 5.70. The smallest absolute Gasteiger partial charge is 0.191 e. The van der Waals surface area contributed by atoms with Gasteiger partial charge in [0.2, 0.25) is 0 Å². The van der Waals surface area contributed by atoms with E-state index in [9.17, 15) is 0 Å². The number of nitrogens with one attached hydrogen (secondary N) is 2. The topological polar surface area (TPSA) is 58.8 Å². The molecule has 0 radical (unpaired) electrons. The zero-order valence-electron chi connectivity index (χ0n) is 15.6. The van der Waals surface area contributed by atoms with E-state index in [-0.39, 0.29) is 24.0 Å². The minimum atomic E-state index is 0. The maximum Gasteiger partial charge on any atom is 0.191 e. The number of furan rings is 1. The Morgan fingerprint density at radius 2 is 2.04 bits per heavy atom. The van der Waals surface area contributed by atoms with Gasteiger partial charge in [0.25, 0.3) is 0 Å². The number of halogens is 1. The third-order valence-electron chi connectivity index (χ3n) is 3.58. The predicted molar refractivity (Wildman–Crippen MR) is 125 cm³/mol. The van der Waals surface area contributed by atoms with Crippen molar-refractivity contribution in [1.82, 2.24) is 10.6 Å². The Kier molecular flexibility index (Phi) is 12.5. The number of rotatable bonds is 11. The van der Waals surface area contributed by atoms with E-state index in [0.29, 0.717) is 13.2 Å². The molecule has 0 bridgehead atoms. The first kappa shape index (κ1) is 23.4. The Morgan fingerprint density at radius 3 is 2.78 bits per heavy atom. The van der Waals surface area contributed by atoms with Gasteiger partial charge in [0.05, 0.1) is 12.8 Å². The molecule has 0 amide bonds. The highest BCUT2D eigenvalue weighted by Gasteiger charge is 2.04. The third-order valence-corrected chi connectivity index (χ3v) is 4.19. The van der Waals surface area contributed by atoms with Crippen LogP contribution in [0.25, 0.3) is 0 Å². The monoisotopic (exact) mass is 501 g/mol. The highest BCUT2D eigenvalue weighted by molar-refractivity contribution is 14.0. The lowest BCUT2D eigenvalue weighted by Crippen LogP contribution is -2.39. The van der Waals surface area contributed by atoms with Crippen molar-refractivity contribution >= 4 is 41.7 Å². The van der Waals surface area contributed by atoms with Gasteiger partial charge in [-0.25, -0.2) is 4.99 Å². The minimum Gasteiger partial charge on any atom is -0.489 e. The van der Waals surface area contributed by atoms with E-state index < -0.39 is 0 Å². The van der Waals surface area contributed by atoms with Crippen LogP contribution in [0.4, 0.5) is 0 Å². The van der Waals surface area contributed by atoms with Crippen molar-refractivity contribution in [2.45, 2.75) is 13.0 Å². The molecule has 0 spiro atoms. The molecule has 1 heterocycles. The van der Waals surface area contributed by atoms with Gasteiger partial charge in [-0.15, -0.1) is 24.0 Å². The summed E-state index contributed by atoms with van der Waals surface area (Å²) in [5.41, 5.74) is 1.05. The second kappa shape index (κ2) is 14.4. The number of guanidine groups is 1. The summed E-state index contributed by atoms with van der Waals surface area (Å²) < 4.78 is 11.1. The summed E-state index contributed by atoms with van der Waals surface area (Å²) in [4.78, 5) is 4.70. The number of ether oxygens (including phenoxy) is 1. The van der Waals surface area contributed by atoms with Crippen LogP contribution in [0.1, 0.15) is 11.3 Å². The van der Waals surface area contributed by atoms with Gasteiger partial charge in [0, 0.05) is 30.8 Å². The van der Waals surface area contributed by atoms with E-state index in [1.54, 1.807) is 24.1 Å². The van der Waals surface area contributed by atoms with Gasteiger partial charge in [-0.05, 0) is 24.5 Å². The highest BCUT2D eigenvalue weighted by atomic mass is 127. The first-order valence-electron chi connectivity index (χ1n) is 8.68. The fraction of sp³-hybridized carbons (Fsp3) is 0.350. The summed E-state index contributed by atoms with van der Waals surface area (Å²) in [6.45, 7) is 6.35. The summed E-state index contributed by atoms with van der Waals surface area (Å²) in [5, 5.41) is 6.73. The Labute approximate surface area is 183 Å². The van der Waals surface area contributed by atoms with Crippen molar-refractivity contribution in [2.24, 2.45) is 4.99 Å². The van der Waals surface area contributed by atoms with Crippen LogP contribution in [0.15, 0.2) is 64.7 Å². The Hall–Kier alpha value is -1.61. The molecule has 0 aliphatic rings. The molecule has 2 aromatic rings. The predicted octanol–water partition coefficient (Wildman–Crippen LogP) is 4.10. The maximum atomic E-state index is 5.70. The van der Waals surface area contributed by atoms with Crippen molar-refractivity contribution in [3.05, 3.63) is 66.6 Å². The molecule has 0 unspecified atom stereocenters. The molecule has 0 saturated carbocycles. The van der Waals surface area contributed by atoms with Gasteiger partial charge in [-0.3, -0.25) is 0 Å². The van der Waals surface area contributed by atoms with E-state index in [4.69, 9.17) is 14.1 Å². The third kappa shape index (κ3) is 9.23. The number of nitrogens with zero attached hydrogens (tertiary/aromatic N) is 1. The lowest BCUT2D eigenvalue weighted by atomic mass is 10.2. The van der Waals surface area contributed by atoms with Gasteiger partial charge in [0.1, 0.15) is 18.1 Å². The number of thioether (sulfide) groups is 1. The normalized spacial score (nSPS) is 10.8. The summed E-state index contributed by atoms with van der Waals surface area (Å²) in [6, 6.07) is 11.8. The second-order valence-electron chi connectivity index (χ2n) is 5.55. The lowest BCUT2D eigenvalue weighted by Gasteiger charge is -2.13. The van der Waals surface area contributed by atoms with Crippen LogP contribution in [-0.4, -0.2) is 37.7 Å². The van der Waals surface area contributed by atoms with Gasteiger partial charge in [-0.2, -0.15) is 11.8 Å². The lowest BCUT2D eigenvalue weighted by molar-refractivity contribution is 0.359. The first-order chi connectivity index (χ1) is 12.8. The molecule has 148 valence electrons. The molecule has 2 N–H and O–H groups in total. The molecule has 0 saturated heterocycles. The summed E-state index contributed by atoms with van der Waals surface area (Å²) in [6.07, 6.45) is 6.35. The van der Waals surface area contributed by atoms with Crippen LogP contribution in [-0.2, 0) is 13.0 Å². The average Bonchev–Trinajstić information content (AvgIpc) is 3.18. The van der Waals surface area contributed by atoms with Crippen molar-refractivity contribution < 1.29 is 9.15 Å². The molecule has 7 heteroatoms. The van der Waals surface area contributed by atoms with Crippen LogP contribution in [0.3, 0.4) is 0 Å². The van der Waals surface area contributed by atoms with Crippen LogP contribution in [0.5, 0.6) is 5.75 Å². The number of aliphatic imine (C=N–C) groups is 1. The molecular weight excluding hydrogens is 473 g/mol. The molecule has 0 atom stereocenters. The number of para-hydroxylation sites is 1. The number of hydrogen-bond acceptors (Lipinski definition) is 4. The van der Waals surface area contributed by atoms with E-state index in [1.807, 2.05) is 36.4 Å². The largest absolute Gasteiger partial charge is 0.489 e. The van der Waals surface area contributed by atoms with E-state index in [1.165, 1.54) is 0 Å². The summed E-state index contributed by atoms with van der Waals surface area (Å²) >= 11 is 1.80. The van der Waals surface area contributed by atoms with E-state index in [0.717, 1.165) is 48.3 Å². The molecule has 1 aromatic carbocycles. The average molecular weight is 501 g/mol. The molecule has 0 fully saturated rings. The molecular formula is C20H28IN3O2S. The fourth-order valence-electron chi connectivity index (χ4n) is 2.29. The molecule has 2 rings (SSSR count). The molecule has 1 aromatic heterocycles. The Bertz CT molecular complexity index is 678. The number of benzene rings is 1. The standard InChI is InChI=1S/C20H27N3O2S.HI/c1-3-13-25-19-9-5-4-7-17(19)16-23-20(22-12-15-26-2)21-11-10-18-8-6-14-24-18;/h3-9,14H,1,10-13,15-16H2,2H3,(H2,21,22,23);1H. The second-order valence-corrected chi connectivity index (χ2v) is 6.53. The molecule has 5 nitrogen and oxygen atoms in total. The zero-order valence-corrected chi connectivity index (χ0v) is 18.8. The van der Waals surface area contributed by atoms with Gasteiger partial charge >= 0.3 is 0 Å². The highest BCUT2D eigenvalue weighted by Crippen LogP contribution is 2.18. The van der Waals surface area contributed by atoms with Gasteiger partial charge in [-0.1, -0.05) is 30.9 Å². The van der Waals surface area contributed by atoms with Crippen molar-refractivity contribution in [2.75, 3.05) is 31.7 Å². The van der Waals surface area contributed by atoms with Crippen LogP contribution in [0.2, 0.25) is 0 Å². The van der Waals surface area contributed by atoms with Crippen LogP contribution in [0, 0.1) is 0 Å². The van der Waals surface area contributed by atoms with Crippen LogP contribution < -0.4 is 15.4 Å². The van der Waals surface area contributed by atoms with Crippen molar-refractivity contribution in [3.8, 4) is 5.75 Å². The van der Waals surface area contributed by atoms with Crippen LogP contribution >= 0.6 is 35.7 Å². The van der Waals surface area contributed by atoms with E-state index in [2.05, 4.69) is 23.5 Å². The zero-order chi connectivity index (χ0) is 18.5. The van der Waals surface area contributed by atoms with Gasteiger partial charge in [0.15, 0.2) is 5.96 Å². The number of hydrogen-bond donors (Lipinski definition) is 2. The Balaban J connectivity index is 0.00000364. The first-order valence-corrected chi connectivity index (χ1v) is 10.1. The summed E-state index contributed by atoms with van der Waals surface area (Å²) in [5.74, 6) is 3.63. The Morgan fingerprint density at radius 1 is 1.22 bits per heavy atom.